The molecule has 150 valence electrons. The number of methoxy groups -OCH3 is 1. The van der Waals surface area contributed by atoms with E-state index in [1.165, 1.54) is 5.57 Å². The SMILES string of the molecule is CO[C@@H]1[C@H](O)CC[C@]2(O)CN(c3ccccc3)[C@@H](CC=C(C)C)[C@](C)(O)[C@@H]12. The van der Waals surface area contributed by atoms with Crippen LogP contribution in [0.25, 0.3) is 0 Å². The molecule has 1 aliphatic heterocycles. The summed E-state index contributed by atoms with van der Waals surface area (Å²) in [5.41, 5.74) is -0.194. The largest absolute Gasteiger partial charge is 0.390 e. The topological polar surface area (TPSA) is 73.2 Å². The zero-order chi connectivity index (χ0) is 19.8. The van der Waals surface area contributed by atoms with Gasteiger partial charge in [0.25, 0.3) is 0 Å². The molecule has 1 aromatic carbocycles. The van der Waals surface area contributed by atoms with E-state index in [-0.39, 0.29) is 6.04 Å². The van der Waals surface area contributed by atoms with Gasteiger partial charge in [0.05, 0.1) is 29.5 Å². The minimum absolute atomic E-state index is 0.233. The number of hydrogen-bond donors (Lipinski definition) is 3. The van der Waals surface area contributed by atoms with Crippen molar-refractivity contribution in [3.63, 3.8) is 0 Å². The lowest BCUT2D eigenvalue weighted by Gasteiger charge is -2.61. The zero-order valence-electron chi connectivity index (χ0n) is 16.8. The fraction of sp³-hybridized carbons (Fsp3) is 0.636. The summed E-state index contributed by atoms with van der Waals surface area (Å²) >= 11 is 0. The van der Waals surface area contributed by atoms with Crippen molar-refractivity contribution >= 4 is 5.69 Å². The number of nitrogens with zero attached hydrogens (tertiary/aromatic N) is 1. The average Bonchev–Trinajstić information content (AvgIpc) is 2.62. The first kappa shape index (κ1) is 20.3. The molecule has 27 heavy (non-hydrogen) atoms. The van der Waals surface area contributed by atoms with Gasteiger partial charge >= 0.3 is 0 Å². The van der Waals surface area contributed by atoms with Crippen LogP contribution in [0.1, 0.15) is 40.0 Å². The van der Waals surface area contributed by atoms with E-state index in [0.717, 1.165) is 5.69 Å². The molecule has 1 saturated heterocycles. The molecule has 5 heteroatoms. The van der Waals surface area contributed by atoms with Crippen LogP contribution >= 0.6 is 0 Å². The predicted molar refractivity (Wildman–Crippen MR) is 107 cm³/mol. The van der Waals surface area contributed by atoms with Crippen LogP contribution in [-0.4, -0.2) is 58.4 Å². The van der Waals surface area contributed by atoms with Crippen LogP contribution < -0.4 is 4.90 Å². The molecule has 1 aromatic rings. The standard InChI is InChI=1S/C22H33NO4/c1-15(2)10-11-18-21(3,25)20-19(27-4)17(24)12-13-22(20,26)14-23(18)16-8-6-5-7-9-16/h5-10,17-20,24-26H,11-14H2,1-4H3/t17-,18+,19-,20-,21+,22+/m1/s1. The van der Waals surface area contributed by atoms with Crippen LogP contribution in [0.3, 0.4) is 0 Å². The number of rotatable bonds is 4. The summed E-state index contributed by atoms with van der Waals surface area (Å²) < 4.78 is 5.58. The number of allylic oxidation sites excluding steroid dienone is 1. The maximum absolute atomic E-state index is 11.7. The second-order valence-corrected chi connectivity index (χ2v) is 8.61. The Balaban J connectivity index is 2.07. The van der Waals surface area contributed by atoms with Gasteiger partial charge in [-0.1, -0.05) is 29.8 Å². The number of β-amino-alcohol motifs (C(OH)–C–C–N with tert-alkyl or cyclic N) is 1. The monoisotopic (exact) mass is 375 g/mol. The van der Waals surface area contributed by atoms with Gasteiger partial charge in [-0.25, -0.2) is 0 Å². The molecule has 0 aromatic heterocycles. The molecule has 0 bridgehead atoms. The van der Waals surface area contributed by atoms with Gasteiger partial charge in [-0.2, -0.15) is 0 Å². The van der Waals surface area contributed by atoms with E-state index in [4.69, 9.17) is 4.74 Å². The third kappa shape index (κ3) is 3.66. The van der Waals surface area contributed by atoms with E-state index in [1.54, 1.807) is 14.0 Å². The van der Waals surface area contributed by atoms with E-state index >= 15 is 0 Å². The number of ether oxygens (including phenoxy) is 1. The summed E-state index contributed by atoms with van der Waals surface area (Å²) in [6.45, 7) is 6.28. The van der Waals surface area contributed by atoms with Crippen LogP contribution in [0, 0.1) is 5.92 Å². The number of benzene rings is 1. The highest BCUT2D eigenvalue weighted by Gasteiger charge is 2.63. The molecule has 0 unspecified atom stereocenters. The molecule has 0 radical (unpaired) electrons. The van der Waals surface area contributed by atoms with E-state index in [0.29, 0.717) is 25.8 Å². The van der Waals surface area contributed by atoms with E-state index in [9.17, 15) is 15.3 Å². The number of para-hydroxylation sites is 1. The van der Waals surface area contributed by atoms with Crippen molar-refractivity contribution in [3.05, 3.63) is 42.0 Å². The molecule has 1 saturated carbocycles. The van der Waals surface area contributed by atoms with Crippen LogP contribution in [0.4, 0.5) is 5.69 Å². The van der Waals surface area contributed by atoms with Gasteiger partial charge in [0, 0.05) is 25.3 Å². The number of piperidine rings is 1. The van der Waals surface area contributed by atoms with Gasteiger partial charge in [-0.05, 0) is 52.2 Å². The van der Waals surface area contributed by atoms with Crippen molar-refractivity contribution in [2.24, 2.45) is 5.92 Å². The van der Waals surface area contributed by atoms with Gasteiger partial charge < -0.3 is 25.0 Å². The van der Waals surface area contributed by atoms with Crippen LogP contribution in [0.15, 0.2) is 42.0 Å². The number of hydrogen-bond acceptors (Lipinski definition) is 5. The normalized spacial score (nSPS) is 39.0. The van der Waals surface area contributed by atoms with Crippen molar-refractivity contribution in [3.8, 4) is 0 Å². The minimum atomic E-state index is -1.24. The molecule has 0 amide bonds. The Hall–Kier alpha value is -1.40. The van der Waals surface area contributed by atoms with Crippen LogP contribution in [0.5, 0.6) is 0 Å². The molecule has 2 fully saturated rings. The molecular weight excluding hydrogens is 342 g/mol. The number of aliphatic hydroxyl groups excluding tert-OH is 1. The maximum atomic E-state index is 11.7. The van der Waals surface area contributed by atoms with Crippen molar-refractivity contribution in [1.82, 2.24) is 0 Å². The fourth-order valence-corrected chi connectivity index (χ4v) is 5.12. The van der Waals surface area contributed by atoms with E-state index in [1.807, 2.05) is 44.2 Å². The van der Waals surface area contributed by atoms with Crippen molar-refractivity contribution < 1.29 is 20.1 Å². The van der Waals surface area contributed by atoms with Crippen molar-refractivity contribution in [2.45, 2.75) is 69.5 Å². The van der Waals surface area contributed by atoms with E-state index < -0.39 is 29.3 Å². The molecule has 1 heterocycles. The molecule has 0 spiro atoms. The number of fused-ring (bicyclic) bond motifs is 1. The summed E-state index contributed by atoms with van der Waals surface area (Å²) in [6.07, 6.45) is 2.41. The minimum Gasteiger partial charge on any atom is -0.390 e. The Morgan fingerprint density at radius 3 is 2.52 bits per heavy atom. The Morgan fingerprint density at radius 1 is 1.26 bits per heavy atom. The highest BCUT2D eigenvalue weighted by atomic mass is 16.5. The molecule has 3 rings (SSSR count). The third-order valence-corrected chi connectivity index (χ3v) is 6.39. The Kier molecular flexibility index (Phi) is 5.69. The summed E-state index contributed by atoms with van der Waals surface area (Å²) in [6, 6.07) is 9.71. The van der Waals surface area contributed by atoms with Crippen molar-refractivity contribution in [1.29, 1.82) is 0 Å². The highest BCUT2D eigenvalue weighted by molar-refractivity contribution is 5.50. The molecule has 3 N–H and O–H groups in total. The first-order valence-electron chi connectivity index (χ1n) is 9.81. The number of aliphatic hydroxyl groups is 3. The van der Waals surface area contributed by atoms with Gasteiger partial charge in [0.15, 0.2) is 0 Å². The van der Waals surface area contributed by atoms with Gasteiger partial charge in [0.1, 0.15) is 0 Å². The number of anilines is 1. The lowest BCUT2D eigenvalue weighted by molar-refractivity contribution is -0.232. The molecule has 6 atom stereocenters. The first-order valence-corrected chi connectivity index (χ1v) is 9.81. The third-order valence-electron chi connectivity index (χ3n) is 6.39. The Morgan fingerprint density at radius 2 is 1.93 bits per heavy atom. The predicted octanol–water partition coefficient (Wildman–Crippen LogP) is 2.50. The van der Waals surface area contributed by atoms with E-state index in [2.05, 4.69) is 11.0 Å². The summed E-state index contributed by atoms with van der Waals surface area (Å²) in [5, 5.41) is 33.8. The fourth-order valence-electron chi connectivity index (χ4n) is 5.12. The molecular formula is C22H33NO4. The molecule has 2 aliphatic rings. The lowest BCUT2D eigenvalue weighted by atomic mass is 9.59. The molecule has 1 aliphatic carbocycles. The van der Waals surface area contributed by atoms with Gasteiger partial charge in [0.2, 0.25) is 0 Å². The van der Waals surface area contributed by atoms with Crippen LogP contribution in [0.2, 0.25) is 0 Å². The molecule has 5 nitrogen and oxygen atoms in total. The quantitative estimate of drug-likeness (QED) is 0.705. The first-order chi connectivity index (χ1) is 12.7. The second kappa shape index (κ2) is 7.55. The summed E-state index contributed by atoms with van der Waals surface area (Å²) in [7, 11) is 1.55. The average molecular weight is 376 g/mol. The summed E-state index contributed by atoms with van der Waals surface area (Å²) in [5.74, 6) is -0.561. The van der Waals surface area contributed by atoms with Crippen LogP contribution in [-0.2, 0) is 4.74 Å². The van der Waals surface area contributed by atoms with Gasteiger partial charge in [-0.3, -0.25) is 0 Å². The second-order valence-electron chi connectivity index (χ2n) is 8.61. The zero-order valence-corrected chi connectivity index (χ0v) is 16.8. The van der Waals surface area contributed by atoms with Crippen molar-refractivity contribution in [2.75, 3.05) is 18.6 Å². The van der Waals surface area contributed by atoms with Gasteiger partial charge in [-0.15, -0.1) is 0 Å². The smallest absolute Gasteiger partial charge is 0.0914 e. The summed E-state index contributed by atoms with van der Waals surface area (Å²) in [4.78, 5) is 2.13. The lowest BCUT2D eigenvalue weighted by Crippen LogP contribution is -2.75. The Bertz CT molecular complexity index is 670. The maximum Gasteiger partial charge on any atom is 0.0914 e. The highest BCUT2D eigenvalue weighted by Crippen LogP contribution is 2.49. The Labute approximate surface area is 162 Å².